The molecule has 28 heavy (non-hydrogen) atoms. The van der Waals surface area contributed by atoms with Crippen LogP contribution in [0.5, 0.6) is 0 Å². The maximum absolute atomic E-state index is 12.7. The van der Waals surface area contributed by atoms with Crippen LogP contribution in [0, 0.1) is 5.41 Å². The lowest BCUT2D eigenvalue weighted by Gasteiger charge is -2.37. The lowest BCUT2D eigenvalue weighted by molar-refractivity contribution is -0.117. The van der Waals surface area contributed by atoms with Crippen molar-refractivity contribution in [3.63, 3.8) is 0 Å². The van der Waals surface area contributed by atoms with Gasteiger partial charge in [-0.3, -0.25) is 4.79 Å². The molecule has 2 aliphatic rings. The van der Waals surface area contributed by atoms with Crippen LogP contribution in [0.2, 0.25) is 0 Å². The van der Waals surface area contributed by atoms with E-state index in [0.29, 0.717) is 5.96 Å². The smallest absolute Gasteiger partial charge is 0.248 e. The number of aliphatic hydroxyl groups excluding tert-OH is 1. The van der Waals surface area contributed by atoms with Crippen LogP contribution in [0.3, 0.4) is 0 Å². The second-order valence-corrected chi connectivity index (χ2v) is 8.01. The summed E-state index contributed by atoms with van der Waals surface area (Å²) in [4.78, 5) is 19.1. The molecule has 0 radical (unpaired) electrons. The van der Waals surface area contributed by atoms with Crippen LogP contribution in [0.4, 0.5) is 5.69 Å². The highest BCUT2D eigenvalue weighted by Gasteiger charge is 2.31. The number of benzene rings is 1. The molecule has 1 heterocycles. The predicted molar refractivity (Wildman–Crippen MR) is 114 cm³/mol. The van der Waals surface area contributed by atoms with Crippen molar-refractivity contribution >= 4 is 17.6 Å². The van der Waals surface area contributed by atoms with E-state index in [2.05, 4.69) is 21.7 Å². The van der Waals surface area contributed by atoms with Gasteiger partial charge in [-0.2, -0.15) is 0 Å². The van der Waals surface area contributed by atoms with Gasteiger partial charge in [0, 0.05) is 31.9 Å². The Balaban J connectivity index is 1.60. The molecule has 1 aromatic rings. The number of nitrogens with one attached hydrogen (secondary N) is 2. The van der Waals surface area contributed by atoms with Crippen molar-refractivity contribution in [2.24, 2.45) is 10.4 Å². The molecule has 0 atom stereocenters. The third-order valence-electron chi connectivity index (χ3n) is 6.09. The number of rotatable bonds is 7. The molecule has 1 saturated carbocycles. The molecule has 6 heteroatoms. The number of nitrogens with zero attached hydrogens (tertiary/aromatic N) is 2. The molecule has 0 spiro atoms. The van der Waals surface area contributed by atoms with E-state index in [4.69, 9.17) is 0 Å². The lowest BCUT2D eigenvalue weighted by Crippen LogP contribution is -2.45. The minimum atomic E-state index is 0.0323. The number of carbonyl (C=O) groups excluding carboxylic acids is 1. The molecular weight excluding hydrogens is 352 g/mol. The second kappa shape index (κ2) is 9.92. The number of anilines is 1. The first-order valence-electron chi connectivity index (χ1n) is 10.7. The number of amides is 1. The summed E-state index contributed by atoms with van der Waals surface area (Å²) in [6.45, 7) is 4.66. The van der Waals surface area contributed by atoms with E-state index in [1.165, 1.54) is 24.8 Å². The molecule has 3 N–H and O–H groups in total. The molecule has 0 bridgehead atoms. The number of para-hydroxylation sites is 1. The summed E-state index contributed by atoms with van der Waals surface area (Å²) in [5.74, 6) is 0.719. The average molecular weight is 387 g/mol. The molecule has 0 aromatic heterocycles. The van der Waals surface area contributed by atoms with Crippen molar-refractivity contribution in [1.82, 2.24) is 10.6 Å². The molecule has 1 aliphatic heterocycles. The molecular formula is C22H34N4O2. The predicted octanol–water partition coefficient (Wildman–Crippen LogP) is 2.46. The summed E-state index contributed by atoms with van der Waals surface area (Å²) in [6.07, 6.45) is 7.75. The van der Waals surface area contributed by atoms with Crippen molar-refractivity contribution in [1.29, 1.82) is 0 Å². The van der Waals surface area contributed by atoms with Crippen molar-refractivity contribution in [2.75, 3.05) is 37.7 Å². The fraction of sp³-hybridized carbons (Fsp3) is 0.636. The maximum atomic E-state index is 12.7. The van der Waals surface area contributed by atoms with Crippen LogP contribution in [-0.2, 0) is 11.2 Å². The normalized spacial score (nSPS) is 18.6. The van der Waals surface area contributed by atoms with Gasteiger partial charge >= 0.3 is 0 Å². The summed E-state index contributed by atoms with van der Waals surface area (Å²) in [5.41, 5.74) is 2.39. The van der Waals surface area contributed by atoms with Gasteiger partial charge in [-0.1, -0.05) is 37.5 Å². The van der Waals surface area contributed by atoms with Gasteiger partial charge in [0.2, 0.25) is 5.91 Å². The maximum Gasteiger partial charge on any atom is 0.248 e. The van der Waals surface area contributed by atoms with Crippen LogP contribution in [0.1, 0.15) is 51.0 Å². The Morgan fingerprint density at radius 1 is 1.21 bits per heavy atom. The van der Waals surface area contributed by atoms with E-state index >= 15 is 0 Å². The summed E-state index contributed by atoms with van der Waals surface area (Å²) in [6, 6.07) is 8.09. The molecule has 0 saturated heterocycles. The number of hydrogen-bond donors (Lipinski definition) is 3. The summed E-state index contributed by atoms with van der Waals surface area (Å²) in [5, 5.41) is 16.2. The number of hydrogen-bond acceptors (Lipinski definition) is 3. The molecule has 3 rings (SSSR count). The fourth-order valence-electron chi connectivity index (χ4n) is 4.50. The van der Waals surface area contributed by atoms with Crippen molar-refractivity contribution in [3.8, 4) is 0 Å². The molecule has 0 unspecified atom stereocenters. The average Bonchev–Trinajstić information content (AvgIpc) is 3.15. The number of carbonyl (C=O) groups is 1. The largest absolute Gasteiger partial charge is 0.396 e. The quantitative estimate of drug-likeness (QED) is 0.497. The Kier molecular flexibility index (Phi) is 7.31. The Morgan fingerprint density at radius 2 is 2.00 bits per heavy atom. The summed E-state index contributed by atoms with van der Waals surface area (Å²) >= 11 is 0. The van der Waals surface area contributed by atoms with Gasteiger partial charge in [0.15, 0.2) is 5.96 Å². The first-order valence-corrected chi connectivity index (χ1v) is 10.7. The van der Waals surface area contributed by atoms with E-state index in [1.807, 2.05) is 30.0 Å². The van der Waals surface area contributed by atoms with Crippen LogP contribution in [-0.4, -0.2) is 49.8 Å². The van der Waals surface area contributed by atoms with Crippen LogP contribution in [0.15, 0.2) is 29.3 Å². The number of fused-ring (bicyclic) bond motifs is 1. The Morgan fingerprint density at radius 3 is 2.75 bits per heavy atom. The van der Waals surface area contributed by atoms with Gasteiger partial charge < -0.3 is 20.6 Å². The van der Waals surface area contributed by atoms with E-state index < -0.39 is 0 Å². The van der Waals surface area contributed by atoms with Gasteiger partial charge in [0.1, 0.15) is 6.54 Å². The summed E-state index contributed by atoms with van der Waals surface area (Å²) in [7, 11) is 0. The molecule has 6 nitrogen and oxygen atoms in total. The topological polar surface area (TPSA) is 77.0 Å². The molecule has 154 valence electrons. The zero-order valence-corrected chi connectivity index (χ0v) is 17.0. The fourth-order valence-corrected chi connectivity index (χ4v) is 4.50. The van der Waals surface area contributed by atoms with Gasteiger partial charge in [-0.05, 0) is 49.7 Å². The van der Waals surface area contributed by atoms with E-state index in [9.17, 15) is 9.90 Å². The highest BCUT2D eigenvalue weighted by molar-refractivity contribution is 5.98. The van der Waals surface area contributed by atoms with E-state index in [1.54, 1.807) is 0 Å². The SMILES string of the molecule is CCNC(=NCC(=O)N1CCc2ccccc21)NCC1(CCO)CCCCC1. The second-order valence-electron chi connectivity index (χ2n) is 8.01. The van der Waals surface area contributed by atoms with E-state index in [0.717, 1.165) is 51.0 Å². The number of aliphatic hydroxyl groups is 1. The first-order chi connectivity index (χ1) is 13.7. The van der Waals surface area contributed by atoms with Gasteiger partial charge in [0.05, 0.1) is 0 Å². The number of aliphatic imine (C=N–C) groups is 1. The monoisotopic (exact) mass is 386 g/mol. The van der Waals surface area contributed by atoms with Gasteiger partial charge in [-0.15, -0.1) is 0 Å². The highest BCUT2D eigenvalue weighted by atomic mass is 16.3. The van der Waals surface area contributed by atoms with Gasteiger partial charge in [0.25, 0.3) is 0 Å². The van der Waals surface area contributed by atoms with E-state index in [-0.39, 0.29) is 24.5 Å². The zero-order valence-electron chi connectivity index (χ0n) is 17.0. The zero-order chi connectivity index (χ0) is 19.8. The molecule has 1 aliphatic carbocycles. The molecule has 1 aromatic carbocycles. The third-order valence-corrected chi connectivity index (χ3v) is 6.09. The van der Waals surface area contributed by atoms with Gasteiger partial charge in [-0.25, -0.2) is 4.99 Å². The summed E-state index contributed by atoms with van der Waals surface area (Å²) < 4.78 is 0. The minimum absolute atomic E-state index is 0.0323. The van der Waals surface area contributed by atoms with Crippen molar-refractivity contribution in [2.45, 2.75) is 51.9 Å². The standard InChI is InChI=1S/C22H34N4O2/c1-2-23-21(25-17-22(13-15-27)11-6-3-7-12-22)24-16-20(28)26-14-10-18-8-4-5-9-19(18)26/h4-5,8-9,27H,2-3,6-7,10-17H2,1H3,(H2,23,24,25). The van der Waals surface area contributed by atoms with Crippen LogP contribution < -0.4 is 15.5 Å². The third kappa shape index (κ3) is 5.04. The molecule has 1 amide bonds. The van der Waals surface area contributed by atoms with Crippen molar-refractivity contribution in [3.05, 3.63) is 29.8 Å². The highest BCUT2D eigenvalue weighted by Crippen LogP contribution is 2.38. The first kappa shape index (κ1) is 20.6. The minimum Gasteiger partial charge on any atom is -0.396 e. The molecule has 1 fully saturated rings. The lowest BCUT2D eigenvalue weighted by atomic mass is 9.72. The van der Waals surface area contributed by atoms with Crippen molar-refractivity contribution < 1.29 is 9.90 Å². The Labute approximate surface area is 168 Å². The van der Waals surface area contributed by atoms with Crippen LogP contribution in [0.25, 0.3) is 0 Å². The number of guanidine groups is 1. The Hall–Kier alpha value is -2.08. The van der Waals surface area contributed by atoms with Crippen LogP contribution >= 0.6 is 0 Å². The Bertz CT molecular complexity index is 677.